The van der Waals surface area contributed by atoms with E-state index in [0.29, 0.717) is 23.5 Å². The standard InChI is InChI=1S/C10H14ClN3O/c1-3-5-12-10-13-7-8(11)9(14-10)15-6-4-2/h4,7H,2-3,5-6H2,1H3,(H,12,13,14). The van der Waals surface area contributed by atoms with Crippen LogP contribution in [0.1, 0.15) is 13.3 Å². The number of nitrogens with one attached hydrogen (secondary N) is 1. The van der Waals surface area contributed by atoms with Crippen molar-refractivity contribution < 1.29 is 4.74 Å². The highest BCUT2D eigenvalue weighted by Gasteiger charge is 2.05. The first-order valence-electron chi connectivity index (χ1n) is 4.78. The van der Waals surface area contributed by atoms with Crippen LogP contribution in [0.4, 0.5) is 5.95 Å². The molecule has 0 unspecified atom stereocenters. The van der Waals surface area contributed by atoms with E-state index >= 15 is 0 Å². The first kappa shape index (κ1) is 11.8. The average molecular weight is 228 g/mol. The van der Waals surface area contributed by atoms with Crippen LogP contribution in [-0.2, 0) is 0 Å². The van der Waals surface area contributed by atoms with E-state index in [1.54, 1.807) is 6.08 Å². The van der Waals surface area contributed by atoms with Gasteiger partial charge in [0.05, 0.1) is 6.20 Å². The lowest BCUT2D eigenvalue weighted by molar-refractivity contribution is 0.348. The van der Waals surface area contributed by atoms with Crippen LogP contribution in [0.3, 0.4) is 0 Å². The van der Waals surface area contributed by atoms with E-state index in [1.807, 2.05) is 0 Å². The van der Waals surface area contributed by atoms with Crippen molar-refractivity contribution in [1.82, 2.24) is 9.97 Å². The molecular weight excluding hydrogens is 214 g/mol. The van der Waals surface area contributed by atoms with Crippen molar-refractivity contribution in [3.63, 3.8) is 0 Å². The molecule has 1 aromatic heterocycles. The molecule has 1 aromatic rings. The molecule has 0 fully saturated rings. The smallest absolute Gasteiger partial charge is 0.237 e. The van der Waals surface area contributed by atoms with Gasteiger partial charge in [0.15, 0.2) is 0 Å². The van der Waals surface area contributed by atoms with Crippen LogP contribution < -0.4 is 10.1 Å². The number of aromatic nitrogens is 2. The van der Waals surface area contributed by atoms with E-state index in [0.717, 1.165) is 13.0 Å². The van der Waals surface area contributed by atoms with E-state index in [1.165, 1.54) is 6.20 Å². The van der Waals surface area contributed by atoms with Gasteiger partial charge in [0.1, 0.15) is 11.6 Å². The Morgan fingerprint density at radius 1 is 1.67 bits per heavy atom. The molecule has 0 aliphatic carbocycles. The van der Waals surface area contributed by atoms with E-state index < -0.39 is 0 Å². The molecule has 0 radical (unpaired) electrons. The lowest BCUT2D eigenvalue weighted by Gasteiger charge is -2.07. The van der Waals surface area contributed by atoms with Gasteiger partial charge in [-0.15, -0.1) is 0 Å². The Morgan fingerprint density at radius 3 is 3.13 bits per heavy atom. The summed E-state index contributed by atoms with van der Waals surface area (Å²) in [5.74, 6) is 0.908. The molecule has 0 aliphatic rings. The van der Waals surface area contributed by atoms with Crippen LogP contribution in [-0.4, -0.2) is 23.1 Å². The van der Waals surface area contributed by atoms with Crippen molar-refractivity contribution in [3.05, 3.63) is 23.9 Å². The number of ether oxygens (including phenoxy) is 1. The quantitative estimate of drug-likeness (QED) is 0.759. The van der Waals surface area contributed by atoms with E-state index in [2.05, 4.69) is 28.8 Å². The number of halogens is 1. The van der Waals surface area contributed by atoms with Gasteiger partial charge >= 0.3 is 0 Å². The minimum Gasteiger partial charge on any atom is -0.472 e. The third-order valence-electron chi connectivity index (χ3n) is 1.58. The predicted molar refractivity (Wildman–Crippen MR) is 61.5 cm³/mol. The summed E-state index contributed by atoms with van der Waals surface area (Å²) in [6.45, 7) is 6.82. The van der Waals surface area contributed by atoms with Crippen molar-refractivity contribution in [2.45, 2.75) is 13.3 Å². The molecule has 0 saturated heterocycles. The van der Waals surface area contributed by atoms with Crippen molar-refractivity contribution >= 4 is 17.5 Å². The summed E-state index contributed by atoms with van der Waals surface area (Å²) in [6, 6.07) is 0. The van der Waals surface area contributed by atoms with Gasteiger partial charge < -0.3 is 10.1 Å². The van der Waals surface area contributed by atoms with E-state index in [-0.39, 0.29) is 0 Å². The molecule has 5 heteroatoms. The summed E-state index contributed by atoms with van der Waals surface area (Å²) in [4.78, 5) is 8.15. The SMILES string of the molecule is C=CCOc1nc(NCCC)ncc1Cl. The Kier molecular flexibility index (Phi) is 4.90. The minimum atomic E-state index is 0.379. The second kappa shape index (κ2) is 6.24. The number of hydrogen-bond acceptors (Lipinski definition) is 4. The molecule has 0 spiro atoms. The summed E-state index contributed by atoms with van der Waals surface area (Å²) in [6.07, 6.45) is 4.16. The summed E-state index contributed by atoms with van der Waals surface area (Å²) < 4.78 is 5.27. The third kappa shape index (κ3) is 3.75. The number of anilines is 1. The van der Waals surface area contributed by atoms with Crippen LogP contribution >= 0.6 is 11.6 Å². The molecule has 1 heterocycles. The van der Waals surface area contributed by atoms with Gasteiger partial charge in [0.25, 0.3) is 0 Å². The maximum Gasteiger partial charge on any atom is 0.237 e. The van der Waals surface area contributed by atoms with Gasteiger partial charge in [-0.3, -0.25) is 0 Å². The molecule has 0 bridgehead atoms. The number of hydrogen-bond donors (Lipinski definition) is 1. The van der Waals surface area contributed by atoms with Crippen LogP contribution in [0.15, 0.2) is 18.9 Å². The summed E-state index contributed by atoms with van der Waals surface area (Å²) in [5.41, 5.74) is 0. The highest BCUT2D eigenvalue weighted by atomic mass is 35.5. The normalized spacial score (nSPS) is 9.73. The van der Waals surface area contributed by atoms with Gasteiger partial charge in [0.2, 0.25) is 11.8 Å². The average Bonchev–Trinajstić information content (AvgIpc) is 2.26. The minimum absolute atomic E-state index is 0.379. The predicted octanol–water partition coefficient (Wildman–Crippen LogP) is 2.52. The van der Waals surface area contributed by atoms with Crippen LogP contribution in [0.25, 0.3) is 0 Å². The van der Waals surface area contributed by atoms with Crippen molar-refractivity contribution in [2.24, 2.45) is 0 Å². The summed E-state index contributed by atoms with van der Waals surface area (Å²) in [5, 5.41) is 3.45. The Labute approximate surface area is 94.3 Å². The molecule has 0 aliphatic heterocycles. The molecule has 0 aromatic carbocycles. The summed E-state index contributed by atoms with van der Waals surface area (Å²) in [7, 11) is 0. The third-order valence-corrected chi connectivity index (χ3v) is 1.84. The van der Waals surface area contributed by atoms with Crippen LogP contribution in [0.5, 0.6) is 5.88 Å². The molecule has 82 valence electrons. The molecule has 0 atom stereocenters. The zero-order valence-electron chi connectivity index (χ0n) is 8.66. The molecule has 4 nitrogen and oxygen atoms in total. The number of nitrogens with zero attached hydrogens (tertiary/aromatic N) is 2. The maximum absolute atomic E-state index is 5.85. The van der Waals surface area contributed by atoms with Gasteiger partial charge in [-0.2, -0.15) is 4.98 Å². The van der Waals surface area contributed by atoms with E-state index in [9.17, 15) is 0 Å². The highest BCUT2D eigenvalue weighted by Crippen LogP contribution is 2.21. The Hall–Kier alpha value is -1.29. The zero-order valence-corrected chi connectivity index (χ0v) is 9.42. The molecule has 0 saturated carbocycles. The fourth-order valence-electron chi connectivity index (χ4n) is 0.913. The van der Waals surface area contributed by atoms with Gasteiger partial charge in [0, 0.05) is 6.54 Å². The van der Waals surface area contributed by atoms with Gasteiger partial charge in [-0.1, -0.05) is 31.2 Å². The Morgan fingerprint density at radius 2 is 2.47 bits per heavy atom. The highest BCUT2D eigenvalue weighted by molar-refractivity contribution is 6.31. The molecule has 15 heavy (non-hydrogen) atoms. The maximum atomic E-state index is 5.85. The second-order valence-corrected chi connectivity index (χ2v) is 3.28. The Balaban J connectivity index is 2.70. The fraction of sp³-hybridized carbons (Fsp3) is 0.400. The van der Waals surface area contributed by atoms with Gasteiger partial charge in [-0.25, -0.2) is 4.98 Å². The Bertz CT molecular complexity index is 330. The van der Waals surface area contributed by atoms with Gasteiger partial charge in [-0.05, 0) is 6.42 Å². The van der Waals surface area contributed by atoms with Crippen LogP contribution in [0, 0.1) is 0 Å². The van der Waals surface area contributed by atoms with Crippen LogP contribution in [0.2, 0.25) is 5.02 Å². The largest absolute Gasteiger partial charge is 0.472 e. The molecular formula is C10H14ClN3O. The summed E-state index contributed by atoms with van der Waals surface area (Å²) >= 11 is 5.85. The van der Waals surface area contributed by atoms with Crippen molar-refractivity contribution in [2.75, 3.05) is 18.5 Å². The first-order chi connectivity index (χ1) is 7.27. The van der Waals surface area contributed by atoms with Crippen molar-refractivity contribution in [1.29, 1.82) is 0 Å². The topological polar surface area (TPSA) is 47.0 Å². The fourth-order valence-corrected chi connectivity index (χ4v) is 1.06. The monoisotopic (exact) mass is 227 g/mol. The lowest BCUT2D eigenvalue weighted by atomic mass is 10.5. The second-order valence-electron chi connectivity index (χ2n) is 2.87. The van der Waals surface area contributed by atoms with Crippen molar-refractivity contribution in [3.8, 4) is 5.88 Å². The molecule has 1 N–H and O–H groups in total. The number of rotatable bonds is 6. The lowest BCUT2D eigenvalue weighted by Crippen LogP contribution is -2.06. The molecule has 1 rings (SSSR count). The van der Waals surface area contributed by atoms with E-state index in [4.69, 9.17) is 16.3 Å². The zero-order chi connectivity index (χ0) is 11.1. The first-order valence-corrected chi connectivity index (χ1v) is 5.15. The molecule has 0 amide bonds.